The molecule has 0 aromatic carbocycles. The van der Waals surface area contributed by atoms with Gasteiger partial charge in [-0.15, -0.1) is 0 Å². The summed E-state index contributed by atoms with van der Waals surface area (Å²) in [6.45, 7) is 0. The van der Waals surface area contributed by atoms with Crippen LogP contribution in [0.15, 0.2) is 4.99 Å². The van der Waals surface area contributed by atoms with E-state index in [9.17, 15) is 0 Å². The molecule has 2 aliphatic rings. The van der Waals surface area contributed by atoms with Gasteiger partial charge >= 0.3 is 0 Å². The normalized spacial score (nSPS) is 33.0. The summed E-state index contributed by atoms with van der Waals surface area (Å²) in [5.41, 5.74) is 3.24. The van der Waals surface area contributed by atoms with Crippen LogP contribution in [0.4, 0.5) is 0 Å². The highest BCUT2D eigenvalue weighted by Gasteiger charge is 2.30. The van der Waals surface area contributed by atoms with Gasteiger partial charge in [-0.25, -0.2) is 5.01 Å². The number of rotatable bonds is 1. The lowest BCUT2D eigenvalue weighted by molar-refractivity contribution is 0.362. The summed E-state index contributed by atoms with van der Waals surface area (Å²) in [6.07, 6.45) is 4.05. The molecule has 2 atom stereocenters. The molecule has 1 aliphatic carbocycles. The Balaban J connectivity index is 1.98. The van der Waals surface area contributed by atoms with Gasteiger partial charge in [-0.1, -0.05) is 18.2 Å². The molecule has 1 saturated carbocycles. The van der Waals surface area contributed by atoms with Gasteiger partial charge in [0.1, 0.15) is 0 Å². The third-order valence-electron chi connectivity index (χ3n) is 2.66. The van der Waals surface area contributed by atoms with Crippen molar-refractivity contribution in [3.8, 4) is 0 Å². The van der Waals surface area contributed by atoms with Crippen LogP contribution in [-0.2, 0) is 0 Å². The van der Waals surface area contributed by atoms with Crippen molar-refractivity contribution in [1.29, 1.82) is 0 Å². The summed E-state index contributed by atoms with van der Waals surface area (Å²) in [7, 11) is 4.01. The van der Waals surface area contributed by atoms with E-state index in [4.69, 9.17) is 4.99 Å². The maximum atomic E-state index is 4.71. The summed E-state index contributed by atoms with van der Waals surface area (Å²) in [5, 5.41) is 3.06. The zero-order valence-corrected chi connectivity index (χ0v) is 9.10. The SMILES string of the molecule is CN(C)NC1=NC2CCCC2CS1. The number of amidine groups is 1. The number of aliphatic imine (C=N–C) groups is 1. The number of hydrazine groups is 1. The minimum Gasteiger partial charge on any atom is -0.298 e. The van der Waals surface area contributed by atoms with Crippen LogP contribution >= 0.6 is 11.8 Å². The lowest BCUT2D eigenvalue weighted by Crippen LogP contribution is -2.38. The maximum Gasteiger partial charge on any atom is 0.171 e. The minimum atomic E-state index is 0.615. The fourth-order valence-electron chi connectivity index (χ4n) is 2.01. The summed E-state index contributed by atoms with van der Waals surface area (Å²) >= 11 is 1.87. The van der Waals surface area contributed by atoms with E-state index in [0.717, 1.165) is 11.1 Å². The standard InChI is InChI=1S/C9H17N3S/c1-12(2)11-9-10-8-5-3-4-7(8)6-13-9/h7-8H,3-6H2,1-2H3,(H,10,11). The summed E-state index contributed by atoms with van der Waals surface area (Å²) in [6, 6.07) is 0.615. The van der Waals surface area contributed by atoms with E-state index in [-0.39, 0.29) is 0 Å². The van der Waals surface area contributed by atoms with E-state index in [2.05, 4.69) is 5.43 Å². The number of nitrogens with zero attached hydrogens (tertiary/aromatic N) is 2. The van der Waals surface area contributed by atoms with Crippen molar-refractivity contribution in [3.63, 3.8) is 0 Å². The molecule has 2 unspecified atom stereocenters. The van der Waals surface area contributed by atoms with E-state index in [0.29, 0.717) is 6.04 Å². The van der Waals surface area contributed by atoms with Crippen LogP contribution < -0.4 is 5.43 Å². The smallest absolute Gasteiger partial charge is 0.171 e. The monoisotopic (exact) mass is 199 g/mol. The molecule has 0 bridgehead atoms. The van der Waals surface area contributed by atoms with Gasteiger partial charge in [0.25, 0.3) is 0 Å². The van der Waals surface area contributed by atoms with E-state index in [1.54, 1.807) is 0 Å². The van der Waals surface area contributed by atoms with Crippen molar-refractivity contribution < 1.29 is 0 Å². The average molecular weight is 199 g/mol. The summed E-state index contributed by atoms with van der Waals surface area (Å²) in [5.74, 6) is 2.11. The Labute approximate surface area is 83.9 Å². The third kappa shape index (κ3) is 2.17. The Morgan fingerprint density at radius 2 is 2.31 bits per heavy atom. The van der Waals surface area contributed by atoms with Gasteiger partial charge in [0, 0.05) is 19.8 Å². The van der Waals surface area contributed by atoms with Crippen molar-refractivity contribution >= 4 is 16.9 Å². The molecular formula is C9H17N3S. The van der Waals surface area contributed by atoms with Crippen LogP contribution in [0.1, 0.15) is 19.3 Å². The van der Waals surface area contributed by atoms with Gasteiger partial charge in [0.2, 0.25) is 0 Å². The Morgan fingerprint density at radius 3 is 3.08 bits per heavy atom. The molecule has 4 heteroatoms. The number of thioether (sulfide) groups is 1. The molecule has 3 nitrogen and oxygen atoms in total. The van der Waals surface area contributed by atoms with Crippen molar-refractivity contribution in [2.75, 3.05) is 19.8 Å². The van der Waals surface area contributed by atoms with Crippen LogP contribution in [0.2, 0.25) is 0 Å². The largest absolute Gasteiger partial charge is 0.298 e. The van der Waals surface area contributed by atoms with Gasteiger partial charge < -0.3 is 0 Å². The molecule has 1 N–H and O–H groups in total. The molecule has 1 fully saturated rings. The van der Waals surface area contributed by atoms with Crippen molar-refractivity contribution in [2.24, 2.45) is 10.9 Å². The highest BCUT2D eigenvalue weighted by Crippen LogP contribution is 2.34. The van der Waals surface area contributed by atoms with Gasteiger partial charge in [-0.2, -0.15) is 0 Å². The average Bonchev–Trinajstić information content (AvgIpc) is 2.49. The van der Waals surface area contributed by atoms with E-state index >= 15 is 0 Å². The summed E-state index contributed by atoms with van der Waals surface area (Å²) < 4.78 is 0. The highest BCUT2D eigenvalue weighted by atomic mass is 32.2. The van der Waals surface area contributed by atoms with Crippen molar-refractivity contribution in [2.45, 2.75) is 25.3 Å². The van der Waals surface area contributed by atoms with Crippen LogP contribution in [0.25, 0.3) is 0 Å². The highest BCUT2D eigenvalue weighted by molar-refractivity contribution is 8.13. The molecular weight excluding hydrogens is 182 g/mol. The molecule has 0 amide bonds. The Bertz CT molecular complexity index is 215. The topological polar surface area (TPSA) is 27.6 Å². The molecule has 0 aromatic heterocycles. The maximum absolute atomic E-state index is 4.71. The third-order valence-corrected chi connectivity index (χ3v) is 3.72. The fraction of sp³-hybridized carbons (Fsp3) is 0.889. The molecule has 1 aliphatic heterocycles. The molecule has 0 spiro atoms. The van der Waals surface area contributed by atoms with Gasteiger partial charge in [0.05, 0.1) is 6.04 Å². The first-order chi connectivity index (χ1) is 6.25. The lowest BCUT2D eigenvalue weighted by atomic mass is 10.1. The van der Waals surface area contributed by atoms with Crippen molar-refractivity contribution in [3.05, 3.63) is 0 Å². The first-order valence-corrected chi connectivity index (χ1v) is 5.89. The van der Waals surface area contributed by atoms with Crippen LogP contribution in [0.3, 0.4) is 0 Å². The lowest BCUT2D eigenvalue weighted by Gasteiger charge is -2.25. The second-order valence-corrected chi connectivity index (χ2v) is 5.02. The number of hydrogen-bond acceptors (Lipinski definition) is 4. The first kappa shape index (κ1) is 9.34. The predicted octanol–water partition coefficient (Wildman–Crippen LogP) is 1.32. The van der Waals surface area contributed by atoms with Crippen LogP contribution in [0, 0.1) is 5.92 Å². The Hall–Kier alpha value is -0.220. The quantitative estimate of drug-likeness (QED) is 0.646. The van der Waals surface area contributed by atoms with Gasteiger partial charge in [0.15, 0.2) is 5.17 Å². The van der Waals surface area contributed by atoms with Crippen LogP contribution in [0.5, 0.6) is 0 Å². The molecule has 13 heavy (non-hydrogen) atoms. The van der Waals surface area contributed by atoms with Crippen molar-refractivity contribution in [1.82, 2.24) is 10.4 Å². The number of nitrogens with one attached hydrogen (secondary N) is 1. The minimum absolute atomic E-state index is 0.615. The molecule has 1 heterocycles. The number of fused-ring (bicyclic) bond motifs is 1. The molecule has 0 aromatic rings. The fourth-order valence-corrected chi connectivity index (χ4v) is 3.23. The Kier molecular flexibility index (Phi) is 2.79. The second-order valence-electron chi connectivity index (χ2n) is 4.01. The van der Waals surface area contributed by atoms with E-state index < -0.39 is 0 Å². The van der Waals surface area contributed by atoms with Gasteiger partial charge in [-0.05, 0) is 18.8 Å². The van der Waals surface area contributed by atoms with Gasteiger partial charge in [-0.3, -0.25) is 10.4 Å². The molecule has 0 radical (unpaired) electrons. The summed E-state index contributed by atoms with van der Waals surface area (Å²) in [4.78, 5) is 4.71. The van der Waals surface area contributed by atoms with Crippen LogP contribution in [-0.4, -0.2) is 36.1 Å². The Morgan fingerprint density at radius 1 is 1.46 bits per heavy atom. The molecule has 2 rings (SSSR count). The van der Waals surface area contributed by atoms with E-state index in [1.165, 1.54) is 25.0 Å². The zero-order valence-electron chi connectivity index (χ0n) is 8.29. The molecule has 74 valence electrons. The predicted molar refractivity (Wildman–Crippen MR) is 57.8 cm³/mol. The molecule has 0 saturated heterocycles. The first-order valence-electron chi connectivity index (χ1n) is 4.90. The van der Waals surface area contributed by atoms with E-state index in [1.807, 2.05) is 30.9 Å². The number of hydrogen-bond donors (Lipinski definition) is 1. The second kappa shape index (κ2) is 3.88. The zero-order chi connectivity index (χ0) is 9.26.